The molecule has 5 N–H and O–H groups in total. The Morgan fingerprint density at radius 1 is 1.39 bits per heavy atom. The fourth-order valence-corrected chi connectivity index (χ4v) is 2.53. The number of nitrogens with two attached hydrogens (primary N) is 2. The maximum atomic E-state index is 5.68. The van der Waals surface area contributed by atoms with E-state index in [2.05, 4.69) is 20.4 Å². The summed E-state index contributed by atoms with van der Waals surface area (Å²) in [5, 5.41) is 2.20. The monoisotopic (exact) mass is 246 g/mol. The summed E-state index contributed by atoms with van der Waals surface area (Å²) < 4.78 is 0. The Bertz CT molecular complexity index is 495. The average Bonchev–Trinajstić information content (AvgIpc) is 2.79. The van der Waals surface area contributed by atoms with Gasteiger partial charge < -0.3 is 16.9 Å². The molecule has 1 aromatic rings. The fourth-order valence-electron chi connectivity index (χ4n) is 2.53. The summed E-state index contributed by atoms with van der Waals surface area (Å²) in [6, 6.07) is 0. The van der Waals surface area contributed by atoms with Crippen LogP contribution in [0.3, 0.4) is 0 Å². The number of nitrogen functional groups attached to an aromatic ring is 1. The Labute approximate surface area is 106 Å². The molecule has 6 heteroatoms. The van der Waals surface area contributed by atoms with E-state index in [4.69, 9.17) is 11.5 Å². The number of rotatable bonds is 3. The third-order valence-electron chi connectivity index (χ3n) is 3.45. The molecule has 0 saturated carbocycles. The lowest BCUT2D eigenvalue weighted by Gasteiger charge is -2.18. The number of hydrogen-bond donors (Lipinski definition) is 3. The first-order valence-electron chi connectivity index (χ1n) is 6.33. The summed E-state index contributed by atoms with van der Waals surface area (Å²) >= 11 is 0. The van der Waals surface area contributed by atoms with Gasteiger partial charge in [-0.1, -0.05) is 0 Å². The highest BCUT2D eigenvalue weighted by molar-refractivity contribution is 5.71. The molecule has 2 heterocycles. The topological polar surface area (TPSA) is 93.1 Å². The molecular weight excluding hydrogens is 228 g/mol. The average molecular weight is 246 g/mol. The lowest BCUT2D eigenvalue weighted by molar-refractivity contribution is 0.266. The van der Waals surface area contributed by atoms with E-state index < -0.39 is 0 Å². The molecule has 0 radical (unpaired) electrons. The molecule has 18 heavy (non-hydrogen) atoms. The van der Waals surface area contributed by atoms with Crippen LogP contribution in [0.2, 0.25) is 0 Å². The minimum atomic E-state index is 0.338. The van der Waals surface area contributed by atoms with Gasteiger partial charge in [-0.3, -0.25) is 0 Å². The SMILES string of the molecule is NCCCN1CC2=C(N1)c1nc(N)ncc1CC2. The van der Waals surface area contributed by atoms with Crippen molar-refractivity contribution in [3.05, 3.63) is 23.0 Å². The minimum absolute atomic E-state index is 0.338. The van der Waals surface area contributed by atoms with Gasteiger partial charge >= 0.3 is 0 Å². The van der Waals surface area contributed by atoms with Crippen LogP contribution in [0.1, 0.15) is 24.1 Å². The molecule has 96 valence electrons. The van der Waals surface area contributed by atoms with E-state index in [1.165, 1.54) is 11.1 Å². The molecule has 0 saturated heterocycles. The molecule has 2 aliphatic rings. The molecule has 0 atom stereocenters. The second-order valence-electron chi connectivity index (χ2n) is 4.76. The van der Waals surface area contributed by atoms with E-state index in [0.29, 0.717) is 12.5 Å². The van der Waals surface area contributed by atoms with Crippen molar-refractivity contribution in [1.29, 1.82) is 0 Å². The number of fused-ring (bicyclic) bond motifs is 2. The van der Waals surface area contributed by atoms with E-state index in [9.17, 15) is 0 Å². The predicted molar refractivity (Wildman–Crippen MR) is 70.1 cm³/mol. The van der Waals surface area contributed by atoms with Crippen LogP contribution in [0, 0.1) is 0 Å². The number of hydrogen-bond acceptors (Lipinski definition) is 6. The van der Waals surface area contributed by atoms with E-state index >= 15 is 0 Å². The first kappa shape index (κ1) is 11.4. The molecule has 1 aliphatic carbocycles. The number of aromatic nitrogens is 2. The molecule has 3 rings (SSSR count). The van der Waals surface area contributed by atoms with Gasteiger partial charge in [-0.25, -0.2) is 15.0 Å². The Hall–Kier alpha value is -1.66. The summed E-state index contributed by atoms with van der Waals surface area (Å²) in [7, 11) is 0. The molecular formula is C12H18N6. The first-order valence-corrected chi connectivity index (χ1v) is 6.33. The maximum absolute atomic E-state index is 5.68. The molecule has 0 bridgehead atoms. The van der Waals surface area contributed by atoms with Crippen LogP contribution in [0.5, 0.6) is 0 Å². The van der Waals surface area contributed by atoms with Crippen LogP contribution in [0.15, 0.2) is 11.8 Å². The van der Waals surface area contributed by atoms with Gasteiger partial charge in [0.2, 0.25) is 5.95 Å². The van der Waals surface area contributed by atoms with Crippen LogP contribution in [0.4, 0.5) is 5.95 Å². The lowest BCUT2D eigenvalue weighted by atomic mass is 9.95. The van der Waals surface area contributed by atoms with Crippen molar-refractivity contribution >= 4 is 11.6 Å². The smallest absolute Gasteiger partial charge is 0.220 e. The van der Waals surface area contributed by atoms with E-state index in [1.54, 1.807) is 0 Å². The van der Waals surface area contributed by atoms with Gasteiger partial charge in [0.25, 0.3) is 0 Å². The molecule has 0 aromatic carbocycles. The lowest BCUT2D eigenvalue weighted by Crippen LogP contribution is -2.33. The van der Waals surface area contributed by atoms with Crippen LogP contribution in [0.25, 0.3) is 5.70 Å². The molecule has 0 unspecified atom stereocenters. The fraction of sp³-hybridized carbons (Fsp3) is 0.500. The molecule has 1 aromatic heterocycles. The van der Waals surface area contributed by atoms with Crippen LogP contribution in [-0.2, 0) is 6.42 Å². The number of anilines is 1. The molecule has 0 amide bonds. The zero-order valence-corrected chi connectivity index (χ0v) is 10.3. The first-order chi connectivity index (χ1) is 8.78. The van der Waals surface area contributed by atoms with Gasteiger partial charge in [0.15, 0.2) is 0 Å². The third kappa shape index (κ3) is 1.93. The highest BCUT2D eigenvalue weighted by Gasteiger charge is 2.28. The van der Waals surface area contributed by atoms with Crippen molar-refractivity contribution in [3.8, 4) is 0 Å². The summed E-state index contributed by atoms with van der Waals surface area (Å²) in [5.41, 5.74) is 19.3. The van der Waals surface area contributed by atoms with Crippen molar-refractivity contribution < 1.29 is 0 Å². The Morgan fingerprint density at radius 3 is 3.11 bits per heavy atom. The number of aryl methyl sites for hydroxylation is 1. The van der Waals surface area contributed by atoms with Crippen LogP contribution >= 0.6 is 0 Å². The summed E-state index contributed by atoms with van der Waals surface area (Å²) in [4.78, 5) is 8.43. The maximum Gasteiger partial charge on any atom is 0.220 e. The molecule has 0 spiro atoms. The van der Waals surface area contributed by atoms with Gasteiger partial charge in [-0.2, -0.15) is 0 Å². The standard InChI is InChI=1S/C12H18N6/c13-4-1-5-18-7-9-3-2-8-6-15-12(14)16-10(8)11(9)17-18/h6,17H,1-5,7,13H2,(H2,14,15,16). The summed E-state index contributed by atoms with van der Waals surface area (Å²) in [5.74, 6) is 0.338. The van der Waals surface area contributed by atoms with Crippen LogP contribution < -0.4 is 16.9 Å². The van der Waals surface area contributed by atoms with Crippen molar-refractivity contribution in [3.63, 3.8) is 0 Å². The Balaban J connectivity index is 1.84. The van der Waals surface area contributed by atoms with Gasteiger partial charge in [0.1, 0.15) is 0 Å². The van der Waals surface area contributed by atoms with Crippen molar-refractivity contribution in [2.45, 2.75) is 19.3 Å². The van der Waals surface area contributed by atoms with Crippen molar-refractivity contribution in [1.82, 2.24) is 20.4 Å². The van der Waals surface area contributed by atoms with Gasteiger partial charge in [0, 0.05) is 19.3 Å². The quantitative estimate of drug-likeness (QED) is 0.689. The molecule has 0 fully saturated rings. The Kier molecular flexibility index (Phi) is 2.89. The van der Waals surface area contributed by atoms with Crippen LogP contribution in [-0.4, -0.2) is 34.6 Å². The number of nitrogens with zero attached hydrogens (tertiary/aromatic N) is 3. The normalized spacial score (nSPS) is 18.5. The minimum Gasteiger partial charge on any atom is -0.368 e. The number of nitrogens with one attached hydrogen (secondary N) is 1. The zero-order valence-electron chi connectivity index (χ0n) is 10.3. The van der Waals surface area contributed by atoms with Gasteiger partial charge in [0.05, 0.1) is 11.4 Å². The third-order valence-corrected chi connectivity index (χ3v) is 3.45. The zero-order chi connectivity index (χ0) is 12.5. The highest BCUT2D eigenvalue weighted by Crippen LogP contribution is 2.32. The number of hydrazine groups is 1. The molecule has 6 nitrogen and oxygen atoms in total. The Morgan fingerprint density at radius 2 is 2.28 bits per heavy atom. The summed E-state index contributed by atoms with van der Waals surface area (Å²) in [6.45, 7) is 2.63. The second-order valence-corrected chi connectivity index (χ2v) is 4.76. The van der Waals surface area contributed by atoms with E-state index in [1.807, 2.05) is 6.20 Å². The van der Waals surface area contributed by atoms with Crippen molar-refractivity contribution in [2.75, 3.05) is 25.4 Å². The highest BCUT2D eigenvalue weighted by atomic mass is 15.5. The van der Waals surface area contributed by atoms with Crippen molar-refractivity contribution in [2.24, 2.45) is 5.73 Å². The van der Waals surface area contributed by atoms with Gasteiger partial charge in [-0.15, -0.1) is 0 Å². The largest absolute Gasteiger partial charge is 0.368 e. The van der Waals surface area contributed by atoms with E-state index in [0.717, 1.165) is 43.7 Å². The predicted octanol–water partition coefficient (Wildman–Crippen LogP) is -0.115. The van der Waals surface area contributed by atoms with E-state index in [-0.39, 0.29) is 0 Å². The second kappa shape index (κ2) is 4.55. The summed E-state index contributed by atoms with van der Waals surface area (Å²) in [6.07, 6.45) is 4.90. The van der Waals surface area contributed by atoms with Gasteiger partial charge in [-0.05, 0) is 36.9 Å². The molecule has 1 aliphatic heterocycles.